The van der Waals surface area contributed by atoms with Gasteiger partial charge in [0.2, 0.25) is 5.91 Å². The highest BCUT2D eigenvalue weighted by atomic mass is 31.2. The van der Waals surface area contributed by atoms with Crippen LogP contribution in [0.1, 0.15) is 354 Å². The Balaban J connectivity index is 4.05. The molecule has 0 radical (unpaired) electrons. The van der Waals surface area contributed by atoms with Gasteiger partial charge >= 0.3 is 0 Å². The standard InChI is InChI=1S/C74H141N2O6P/c1-6-8-10-12-14-16-18-20-22-24-26-28-30-32-33-34-35-36-37-38-39-40-41-42-43-44-46-48-50-52-54-56-58-60-62-64-66-68-74(78)75-72(71-82-83(79,80)81-70-69-76(3,4)5)73(77)67-65-63-61-59-57-55-53-51-49-47-45-31-29-27-25-23-21-19-17-15-13-11-9-7-2/h33-34,36-37,49,51,57,59,65,67,72-73,77H,6-32,35,38-48,50,52-56,58,60-64,66,68-71H2,1-5H3,(H-,75,78,79,80)/b34-33-,37-36-,51-49+,59-57+,67-65+. The van der Waals surface area contributed by atoms with Crippen molar-refractivity contribution in [3.8, 4) is 0 Å². The number of aliphatic hydroxyl groups is 1. The highest BCUT2D eigenvalue weighted by molar-refractivity contribution is 7.45. The van der Waals surface area contributed by atoms with Gasteiger partial charge in [-0.3, -0.25) is 9.36 Å². The van der Waals surface area contributed by atoms with E-state index in [1.807, 2.05) is 27.2 Å². The van der Waals surface area contributed by atoms with Crippen molar-refractivity contribution < 1.29 is 32.9 Å². The molecule has 0 aliphatic heterocycles. The molecular weight excluding hydrogens is 1040 g/mol. The lowest BCUT2D eigenvalue weighted by Crippen LogP contribution is -2.45. The van der Waals surface area contributed by atoms with E-state index in [4.69, 9.17) is 9.05 Å². The molecule has 0 rings (SSSR count). The van der Waals surface area contributed by atoms with Crippen LogP contribution in [0.15, 0.2) is 60.8 Å². The Hall–Kier alpha value is -1.80. The highest BCUT2D eigenvalue weighted by Gasteiger charge is 2.23. The lowest BCUT2D eigenvalue weighted by atomic mass is 10.0. The third kappa shape index (κ3) is 67.6. The number of amides is 1. The van der Waals surface area contributed by atoms with Crippen LogP contribution in [0.5, 0.6) is 0 Å². The molecule has 0 saturated carbocycles. The van der Waals surface area contributed by atoms with Crippen molar-refractivity contribution in [2.24, 2.45) is 0 Å². The second-order valence-corrected chi connectivity index (χ2v) is 27.3. The summed E-state index contributed by atoms with van der Waals surface area (Å²) in [5, 5.41) is 13.9. The van der Waals surface area contributed by atoms with Gasteiger partial charge in [0.25, 0.3) is 7.82 Å². The van der Waals surface area contributed by atoms with Crippen molar-refractivity contribution in [3.05, 3.63) is 60.8 Å². The Morgan fingerprint density at radius 1 is 0.422 bits per heavy atom. The molecule has 0 saturated heterocycles. The van der Waals surface area contributed by atoms with E-state index in [1.54, 1.807) is 6.08 Å². The number of hydrogen-bond donors (Lipinski definition) is 2. The first-order chi connectivity index (χ1) is 40.5. The van der Waals surface area contributed by atoms with Gasteiger partial charge in [-0.05, 0) is 77.0 Å². The fraction of sp³-hybridized carbons (Fsp3) is 0.851. The summed E-state index contributed by atoms with van der Waals surface area (Å²) >= 11 is 0. The normalized spacial score (nSPS) is 14.0. The molecule has 0 spiro atoms. The Morgan fingerprint density at radius 3 is 1.05 bits per heavy atom. The van der Waals surface area contributed by atoms with E-state index in [1.165, 1.54) is 283 Å². The number of unbranched alkanes of at least 4 members (excludes halogenated alkanes) is 46. The van der Waals surface area contributed by atoms with Gasteiger partial charge in [-0.1, -0.05) is 331 Å². The number of aliphatic hydroxyl groups excluding tert-OH is 1. The Morgan fingerprint density at radius 2 is 0.711 bits per heavy atom. The number of rotatable bonds is 67. The fourth-order valence-corrected chi connectivity index (χ4v) is 11.5. The van der Waals surface area contributed by atoms with Crippen LogP contribution in [0.25, 0.3) is 0 Å². The smallest absolute Gasteiger partial charge is 0.268 e. The molecular formula is C74H141N2O6P. The first kappa shape index (κ1) is 81.2. The van der Waals surface area contributed by atoms with Crippen LogP contribution in [0.4, 0.5) is 0 Å². The van der Waals surface area contributed by atoms with E-state index < -0.39 is 26.6 Å². The number of allylic oxidation sites excluding steroid dienone is 9. The van der Waals surface area contributed by atoms with Crippen molar-refractivity contribution in [2.75, 3.05) is 40.9 Å². The van der Waals surface area contributed by atoms with Crippen molar-refractivity contribution in [3.63, 3.8) is 0 Å². The van der Waals surface area contributed by atoms with Crippen LogP contribution in [0, 0.1) is 0 Å². The molecule has 0 heterocycles. The van der Waals surface area contributed by atoms with Crippen LogP contribution in [0.3, 0.4) is 0 Å². The summed E-state index contributed by atoms with van der Waals surface area (Å²) in [6.45, 7) is 4.67. The third-order valence-corrected chi connectivity index (χ3v) is 17.4. The van der Waals surface area contributed by atoms with E-state index in [2.05, 4.69) is 67.8 Å². The third-order valence-electron chi connectivity index (χ3n) is 16.4. The number of hydrogen-bond acceptors (Lipinski definition) is 6. The van der Waals surface area contributed by atoms with Gasteiger partial charge in [0.15, 0.2) is 0 Å². The Labute approximate surface area is 517 Å². The Kier molecular flexibility index (Phi) is 63.3. The van der Waals surface area contributed by atoms with Crippen molar-refractivity contribution in [1.29, 1.82) is 0 Å². The minimum atomic E-state index is -4.62. The second-order valence-electron chi connectivity index (χ2n) is 25.9. The molecule has 0 aliphatic carbocycles. The molecule has 3 unspecified atom stereocenters. The number of phosphoric acid groups is 1. The van der Waals surface area contributed by atoms with Gasteiger partial charge in [0.05, 0.1) is 39.9 Å². The number of carbonyl (C=O) groups excluding carboxylic acids is 1. The minimum Gasteiger partial charge on any atom is -0.756 e. The van der Waals surface area contributed by atoms with E-state index in [9.17, 15) is 19.4 Å². The maximum atomic E-state index is 13.0. The molecule has 0 fully saturated rings. The number of carbonyl (C=O) groups is 1. The van der Waals surface area contributed by atoms with E-state index in [0.717, 1.165) is 51.4 Å². The minimum absolute atomic E-state index is 0.00931. The molecule has 0 aromatic heterocycles. The molecule has 0 aromatic carbocycles. The summed E-state index contributed by atoms with van der Waals surface area (Å²) in [6, 6.07) is -0.913. The largest absolute Gasteiger partial charge is 0.756 e. The SMILES string of the molecule is CCCCCCCCCCCCCCC/C=C\C/C=C\CCCCCCCCCCCCCCCCCCCC(=O)NC(COP(=O)([O-])OCC[N+](C)(C)C)C(O)/C=C/CC/C=C/CC/C=C/CCCCCCCCCCCCCCCC. The zero-order valence-electron chi connectivity index (χ0n) is 55.9. The highest BCUT2D eigenvalue weighted by Crippen LogP contribution is 2.38. The van der Waals surface area contributed by atoms with Crippen LogP contribution in [-0.4, -0.2) is 68.5 Å². The van der Waals surface area contributed by atoms with Crippen molar-refractivity contribution in [1.82, 2.24) is 5.32 Å². The number of likely N-dealkylation sites (N-methyl/N-ethyl adjacent to an activating group) is 1. The molecule has 8 nitrogen and oxygen atoms in total. The predicted octanol–water partition coefficient (Wildman–Crippen LogP) is 22.5. The molecule has 83 heavy (non-hydrogen) atoms. The van der Waals surface area contributed by atoms with Gasteiger partial charge in [-0.2, -0.15) is 0 Å². The van der Waals surface area contributed by atoms with Gasteiger partial charge < -0.3 is 28.8 Å². The maximum Gasteiger partial charge on any atom is 0.268 e. The van der Waals surface area contributed by atoms with Gasteiger partial charge in [-0.15, -0.1) is 0 Å². The fourth-order valence-electron chi connectivity index (χ4n) is 10.8. The maximum absolute atomic E-state index is 13.0. The zero-order valence-corrected chi connectivity index (χ0v) is 56.8. The van der Waals surface area contributed by atoms with Crippen molar-refractivity contribution in [2.45, 2.75) is 366 Å². The molecule has 9 heteroatoms. The summed E-state index contributed by atoms with van der Waals surface area (Å²) < 4.78 is 23.4. The lowest BCUT2D eigenvalue weighted by molar-refractivity contribution is -0.870. The topological polar surface area (TPSA) is 108 Å². The first-order valence-electron chi connectivity index (χ1n) is 36.2. The molecule has 0 aliphatic rings. The summed E-state index contributed by atoms with van der Waals surface area (Å²) in [5.41, 5.74) is 0. The van der Waals surface area contributed by atoms with E-state index in [0.29, 0.717) is 17.4 Å². The van der Waals surface area contributed by atoms with E-state index in [-0.39, 0.29) is 12.5 Å². The summed E-state index contributed by atoms with van der Waals surface area (Å²) in [4.78, 5) is 25.6. The number of phosphoric ester groups is 1. The molecule has 0 aromatic rings. The molecule has 0 bridgehead atoms. The molecule has 488 valence electrons. The quantitative estimate of drug-likeness (QED) is 0.0272. The predicted molar refractivity (Wildman–Crippen MR) is 362 cm³/mol. The lowest BCUT2D eigenvalue weighted by Gasteiger charge is -2.29. The molecule has 1 amide bonds. The van der Waals surface area contributed by atoms with Gasteiger partial charge in [0.1, 0.15) is 13.2 Å². The average molecular weight is 1190 g/mol. The summed E-state index contributed by atoms with van der Waals surface area (Å²) in [7, 11) is 1.24. The van der Waals surface area contributed by atoms with Crippen LogP contribution in [0.2, 0.25) is 0 Å². The monoisotopic (exact) mass is 1190 g/mol. The van der Waals surface area contributed by atoms with Crippen molar-refractivity contribution >= 4 is 13.7 Å². The van der Waals surface area contributed by atoms with Gasteiger partial charge in [-0.25, -0.2) is 0 Å². The van der Waals surface area contributed by atoms with Crippen LogP contribution >= 0.6 is 7.82 Å². The average Bonchev–Trinajstić information content (AvgIpc) is 3.50. The second kappa shape index (κ2) is 64.7. The summed E-state index contributed by atoms with van der Waals surface area (Å²) in [6.07, 6.45) is 89.4. The van der Waals surface area contributed by atoms with Crippen LogP contribution < -0.4 is 10.2 Å². The number of nitrogens with zero attached hydrogens (tertiary/aromatic N) is 1. The van der Waals surface area contributed by atoms with Crippen LogP contribution in [-0.2, 0) is 18.4 Å². The number of nitrogens with one attached hydrogen (secondary N) is 1. The van der Waals surface area contributed by atoms with E-state index >= 15 is 0 Å². The summed E-state index contributed by atoms with van der Waals surface area (Å²) in [5.74, 6) is -0.207. The first-order valence-corrected chi connectivity index (χ1v) is 37.6. The number of quaternary nitrogens is 1. The molecule has 3 atom stereocenters. The zero-order chi connectivity index (χ0) is 60.5. The van der Waals surface area contributed by atoms with Gasteiger partial charge in [0, 0.05) is 6.42 Å². The molecule has 2 N–H and O–H groups in total. The Bertz CT molecular complexity index is 1540.